The van der Waals surface area contributed by atoms with Crippen molar-refractivity contribution in [2.24, 2.45) is 52.8 Å². The Morgan fingerprint density at radius 3 is 2.52 bits per heavy atom. The molecule has 6 rings (SSSR count). The number of ketones is 1. The number of aliphatic hydroxyl groups is 2. The van der Waals surface area contributed by atoms with Gasteiger partial charge in [0.2, 0.25) is 0 Å². The van der Waals surface area contributed by atoms with E-state index in [1.54, 1.807) is 0 Å². The molecule has 2 saturated heterocycles. The van der Waals surface area contributed by atoms with Crippen molar-refractivity contribution in [1.29, 1.82) is 0 Å². The van der Waals surface area contributed by atoms with Gasteiger partial charge in [-0.25, -0.2) is 0 Å². The minimum atomic E-state index is -0.570. The maximum absolute atomic E-state index is 13.2. The molecule has 4 heteroatoms. The lowest BCUT2D eigenvalue weighted by atomic mass is 9.51. The zero-order valence-electron chi connectivity index (χ0n) is 19.8. The molecule has 2 N–H and O–H groups in total. The summed E-state index contributed by atoms with van der Waals surface area (Å²) in [4.78, 5) is 15.9. The lowest BCUT2D eigenvalue weighted by molar-refractivity contribution is -0.175. The van der Waals surface area contributed by atoms with Gasteiger partial charge in [-0.2, -0.15) is 0 Å². The minimum absolute atomic E-state index is 0.0789. The van der Waals surface area contributed by atoms with Crippen molar-refractivity contribution in [2.45, 2.75) is 96.3 Å². The van der Waals surface area contributed by atoms with Crippen LogP contribution < -0.4 is 0 Å². The van der Waals surface area contributed by atoms with Crippen LogP contribution in [-0.2, 0) is 4.79 Å². The van der Waals surface area contributed by atoms with Crippen LogP contribution >= 0.6 is 0 Å². The first kappa shape index (κ1) is 21.1. The lowest BCUT2D eigenvalue weighted by Crippen LogP contribution is -2.67. The van der Waals surface area contributed by atoms with Crippen molar-refractivity contribution >= 4 is 5.78 Å². The van der Waals surface area contributed by atoms with Gasteiger partial charge < -0.3 is 10.2 Å². The van der Waals surface area contributed by atoms with Gasteiger partial charge in [0.05, 0.1) is 11.7 Å². The molecule has 4 saturated carbocycles. The highest BCUT2D eigenvalue weighted by atomic mass is 16.3. The van der Waals surface area contributed by atoms with E-state index in [2.05, 4.69) is 25.7 Å². The van der Waals surface area contributed by atoms with Gasteiger partial charge in [-0.3, -0.25) is 9.69 Å². The highest BCUT2D eigenvalue weighted by Crippen LogP contribution is 2.66. The number of aliphatic hydroxyl groups excluding tert-OH is 1. The van der Waals surface area contributed by atoms with Crippen molar-refractivity contribution in [1.82, 2.24) is 4.90 Å². The van der Waals surface area contributed by atoms with Crippen LogP contribution in [-0.4, -0.2) is 51.7 Å². The van der Waals surface area contributed by atoms with E-state index in [0.29, 0.717) is 53.8 Å². The van der Waals surface area contributed by atoms with E-state index in [9.17, 15) is 15.0 Å². The van der Waals surface area contributed by atoms with Gasteiger partial charge in [0.25, 0.3) is 0 Å². The fourth-order valence-electron chi connectivity index (χ4n) is 10.4. The largest absolute Gasteiger partial charge is 0.393 e. The smallest absolute Gasteiger partial charge is 0.136 e. The summed E-state index contributed by atoms with van der Waals surface area (Å²) in [5, 5.41) is 22.1. The zero-order valence-corrected chi connectivity index (χ0v) is 19.8. The number of carbonyl (C=O) groups is 1. The summed E-state index contributed by atoms with van der Waals surface area (Å²) in [6, 6.07) is 0.341. The van der Waals surface area contributed by atoms with Gasteiger partial charge in [0, 0.05) is 31.5 Å². The number of hydrogen-bond acceptors (Lipinski definition) is 4. The van der Waals surface area contributed by atoms with E-state index < -0.39 is 5.60 Å². The van der Waals surface area contributed by atoms with Crippen LogP contribution in [0.15, 0.2) is 0 Å². The third-order valence-electron chi connectivity index (χ3n) is 11.8. The number of Topliss-reactive ketones (excluding diaryl/α,β-unsaturated/α-hetero) is 1. The highest BCUT2D eigenvalue weighted by molar-refractivity contribution is 5.83. The fraction of sp³-hybridized carbons (Fsp3) is 0.963. The standard InChI is InChI=1S/C27H43NO3/c1-15-4-7-25-27(3,31)21-6-5-17-18(20(21)14-28(25)13-15)11-22-19(17)12-24(30)23-10-16(29)8-9-26(22,23)2/h15-23,25,29,31H,4-14H2,1-3H3/t15-,16+,17+,18+,19-,20-,21+,22-,23+,25-,26+,27-/m0/s1. The van der Waals surface area contributed by atoms with Crippen molar-refractivity contribution < 1.29 is 15.0 Å². The summed E-state index contributed by atoms with van der Waals surface area (Å²) < 4.78 is 0. The molecule has 0 aromatic rings. The maximum atomic E-state index is 13.2. The van der Waals surface area contributed by atoms with Gasteiger partial charge in [-0.05, 0) is 105 Å². The Balaban J connectivity index is 1.31. The molecule has 12 atom stereocenters. The molecule has 0 bridgehead atoms. The number of hydrogen-bond donors (Lipinski definition) is 2. The first-order chi connectivity index (χ1) is 14.7. The Hall–Kier alpha value is -0.450. The van der Waals surface area contributed by atoms with Crippen LogP contribution in [0.25, 0.3) is 0 Å². The number of nitrogens with zero attached hydrogens (tertiary/aromatic N) is 1. The molecule has 0 radical (unpaired) electrons. The average molecular weight is 430 g/mol. The van der Waals surface area contributed by atoms with E-state index in [1.165, 1.54) is 25.8 Å². The van der Waals surface area contributed by atoms with Crippen LogP contribution in [0.5, 0.6) is 0 Å². The molecular weight excluding hydrogens is 386 g/mol. The molecule has 0 aromatic carbocycles. The highest BCUT2D eigenvalue weighted by Gasteiger charge is 2.64. The van der Waals surface area contributed by atoms with Gasteiger partial charge in [-0.1, -0.05) is 13.8 Å². The number of piperidine rings is 2. The summed E-state index contributed by atoms with van der Waals surface area (Å²) >= 11 is 0. The summed E-state index contributed by atoms with van der Waals surface area (Å²) in [5.74, 6) is 4.82. The molecule has 6 aliphatic rings. The summed E-state index contributed by atoms with van der Waals surface area (Å²) in [6.07, 6.45) is 9.08. The topological polar surface area (TPSA) is 60.8 Å². The number of fused-ring (bicyclic) bond motifs is 8. The van der Waals surface area contributed by atoms with Crippen LogP contribution in [0.3, 0.4) is 0 Å². The Morgan fingerprint density at radius 2 is 1.71 bits per heavy atom. The quantitative estimate of drug-likeness (QED) is 0.613. The molecule has 31 heavy (non-hydrogen) atoms. The number of carbonyl (C=O) groups excluding carboxylic acids is 1. The second kappa shape index (κ2) is 7.03. The van der Waals surface area contributed by atoms with E-state index in [1.807, 2.05) is 0 Å². The van der Waals surface area contributed by atoms with Crippen molar-refractivity contribution in [3.8, 4) is 0 Å². The van der Waals surface area contributed by atoms with Gasteiger partial charge in [0.1, 0.15) is 5.78 Å². The minimum Gasteiger partial charge on any atom is -0.393 e. The second-order valence-electron chi connectivity index (χ2n) is 13.2. The van der Waals surface area contributed by atoms with Crippen molar-refractivity contribution in [3.63, 3.8) is 0 Å². The lowest BCUT2D eigenvalue weighted by Gasteiger charge is -2.59. The fourth-order valence-corrected chi connectivity index (χ4v) is 10.4. The maximum Gasteiger partial charge on any atom is 0.136 e. The summed E-state index contributed by atoms with van der Waals surface area (Å²) in [6.45, 7) is 9.23. The van der Waals surface area contributed by atoms with Gasteiger partial charge in [0.15, 0.2) is 0 Å². The Kier molecular flexibility index (Phi) is 4.78. The zero-order chi connectivity index (χ0) is 21.7. The Morgan fingerprint density at radius 1 is 0.903 bits per heavy atom. The molecule has 0 aromatic heterocycles. The molecule has 174 valence electrons. The van der Waals surface area contributed by atoms with Crippen LogP contribution in [0, 0.1) is 52.8 Å². The van der Waals surface area contributed by atoms with E-state index in [0.717, 1.165) is 44.6 Å². The average Bonchev–Trinajstić information content (AvgIpc) is 3.09. The Bertz CT molecular complexity index is 751. The molecule has 2 aliphatic heterocycles. The predicted octanol–water partition coefficient (Wildman–Crippen LogP) is 3.89. The molecular formula is C27H43NO3. The first-order valence-corrected chi connectivity index (χ1v) is 13.4. The van der Waals surface area contributed by atoms with Crippen molar-refractivity contribution in [3.05, 3.63) is 0 Å². The van der Waals surface area contributed by atoms with Crippen molar-refractivity contribution in [2.75, 3.05) is 13.1 Å². The molecule has 2 heterocycles. The van der Waals surface area contributed by atoms with E-state index in [4.69, 9.17) is 0 Å². The molecule has 0 amide bonds. The number of rotatable bonds is 0. The molecule has 6 fully saturated rings. The Labute approximate surface area is 188 Å². The predicted molar refractivity (Wildman–Crippen MR) is 120 cm³/mol. The van der Waals surface area contributed by atoms with Crippen LogP contribution in [0.2, 0.25) is 0 Å². The van der Waals surface area contributed by atoms with E-state index >= 15 is 0 Å². The van der Waals surface area contributed by atoms with Crippen LogP contribution in [0.1, 0.15) is 78.6 Å². The molecule has 4 nitrogen and oxygen atoms in total. The molecule has 0 spiro atoms. The third-order valence-corrected chi connectivity index (χ3v) is 11.8. The molecule has 4 aliphatic carbocycles. The monoisotopic (exact) mass is 429 g/mol. The summed E-state index contributed by atoms with van der Waals surface area (Å²) in [5.41, 5.74) is -0.482. The first-order valence-electron chi connectivity index (χ1n) is 13.4. The normalized spacial score (nSPS) is 59.2. The SMILES string of the molecule is C[C@H]1CC[C@@H]2N(C1)C[C@H]1[C@@H]3C[C@H]4[C@@H](CC(=O)[C@H]5C[C@H](O)CC[C@@]54C)[C@@H]3CC[C@H]1[C@]2(C)O. The second-order valence-corrected chi connectivity index (χ2v) is 13.2. The van der Waals surface area contributed by atoms with E-state index in [-0.39, 0.29) is 17.4 Å². The van der Waals surface area contributed by atoms with Gasteiger partial charge >= 0.3 is 0 Å². The summed E-state index contributed by atoms with van der Waals surface area (Å²) in [7, 11) is 0. The van der Waals surface area contributed by atoms with Crippen LogP contribution in [0.4, 0.5) is 0 Å². The third kappa shape index (κ3) is 2.93. The molecule has 0 unspecified atom stereocenters. The van der Waals surface area contributed by atoms with Gasteiger partial charge in [-0.15, -0.1) is 0 Å².